The molecule has 0 saturated heterocycles. The molecule has 4 unspecified atom stereocenters. The fourth-order valence-corrected chi connectivity index (χ4v) is 4.19. The molecule has 0 spiro atoms. The number of nitrogens with zero attached hydrogens (tertiary/aromatic N) is 1. The number of furan rings is 1. The number of halogens is 3. The second-order valence-electron chi connectivity index (χ2n) is 8.53. The third-order valence-corrected chi connectivity index (χ3v) is 6.20. The van der Waals surface area contributed by atoms with Crippen molar-refractivity contribution in [3.8, 4) is 0 Å². The van der Waals surface area contributed by atoms with Crippen LogP contribution in [0.4, 0.5) is 18.0 Å². The van der Waals surface area contributed by atoms with E-state index in [0.29, 0.717) is 31.2 Å². The van der Waals surface area contributed by atoms with Crippen molar-refractivity contribution in [3.05, 3.63) is 23.7 Å². The molecule has 3 aliphatic carbocycles. The Bertz CT molecular complexity index is 683. The second kappa shape index (κ2) is 7.06. The van der Waals surface area contributed by atoms with Crippen LogP contribution in [0.1, 0.15) is 69.3 Å². The minimum absolute atomic E-state index is 0.0157. The van der Waals surface area contributed by atoms with Crippen LogP contribution in [0, 0.1) is 11.8 Å². The third kappa shape index (κ3) is 4.43. The van der Waals surface area contributed by atoms with Gasteiger partial charge in [0.1, 0.15) is 11.5 Å². The van der Waals surface area contributed by atoms with E-state index in [9.17, 15) is 18.0 Å². The number of hydrogen-bond acceptors (Lipinski definition) is 2. The van der Waals surface area contributed by atoms with Gasteiger partial charge in [-0.1, -0.05) is 13.3 Å². The lowest BCUT2D eigenvalue weighted by Crippen LogP contribution is -2.48. The highest BCUT2D eigenvalue weighted by Gasteiger charge is 2.43. The molecule has 0 aliphatic heterocycles. The maximum Gasteiger partial charge on any atom is 0.391 e. The number of alkyl halides is 3. The molecule has 0 aromatic carbocycles. The quantitative estimate of drug-likeness (QED) is 0.759. The van der Waals surface area contributed by atoms with Crippen LogP contribution in [0.3, 0.4) is 0 Å². The van der Waals surface area contributed by atoms with E-state index in [2.05, 4.69) is 12.2 Å². The second-order valence-corrected chi connectivity index (χ2v) is 8.53. The molecule has 0 bridgehead atoms. The molecule has 27 heavy (non-hydrogen) atoms. The van der Waals surface area contributed by atoms with E-state index in [4.69, 9.17) is 4.42 Å². The van der Waals surface area contributed by atoms with Gasteiger partial charge in [0.05, 0.1) is 12.5 Å². The zero-order chi connectivity index (χ0) is 19.2. The molecule has 3 aliphatic rings. The smallest absolute Gasteiger partial charge is 0.391 e. The first-order chi connectivity index (χ1) is 12.8. The predicted octanol–water partition coefficient (Wildman–Crippen LogP) is 5.20. The Morgan fingerprint density at radius 1 is 1.22 bits per heavy atom. The lowest BCUT2D eigenvalue weighted by molar-refractivity contribution is -0.183. The van der Waals surface area contributed by atoms with Gasteiger partial charge in [0.2, 0.25) is 0 Å². The zero-order valence-electron chi connectivity index (χ0n) is 15.6. The van der Waals surface area contributed by atoms with Crippen molar-refractivity contribution in [2.45, 2.75) is 82.6 Å². The van der Waals surface area contributed by atoms with Crippen LogP contribution in [0.25, 0.3) is 0 Å². The molecule has 4 nitrogen and oxygen atoms in total. The van der Waals surface area contributed by atoms with Crippen LogP contribution in [-0.2, 0) is 6.54 Å². The average Bonchev–Trinajstić information content (AvgIpc) is 3.53. The molecule has 3 saturated carbocycles. The van der Waals surface area contributed by atoms with Crippen LogP contribution in [0.2, 0.25) is 0 Å². The van der Waals surface area contributed by atoms with E-state index in [0.717, 1.165) is 30.8 Å². The number of amides is 2. The molecule has 4 atom stereocenters. The van der Waals surface area contributed by atoms with Crippen LogP contribution in [0.15, 0.2) is 16.5 Å². The van der Waals surface area contributed by atoms with Gasteiger partial charge in [-0.2, -0.15) is 13.2 Å². The van der Waals surface area contributed by atoms with E-state index >= 15 is 0 Å². The Labute approximate surface area is 157 Å². The van der Waals surface area contributed by atoms with Crippen LogP contribution >= 0.6 is 0 Å². The highest BCUT2D eigenvalue weighted by Crippen LogP contribution is 2.47. The Balaban J connectivity index is 1.36. The lowest BCUT2D eigenvalue weighted by atomic mass is 9.85. The van der Waals surface area contributed by atoms with Crippen LogP contribution in [-0.4, -0.2) is 29.2 Å². The Morgan fingerprint density at radius 3 is 2.59 bits per heavy atom. The highest BCUT2D eigenvalue weighted by molar-refractivity contribution is 5.75. The molecular formula is C20H27F3N2O2. The molecule has 0 radical (unpaired) electrons. The van der Waals surface area contributed by atoms with Gasteiger partial charge in [0, 0.05) is 18.0 Å². The molecule has 3 fully saturated rings. The molecule has 2 amide bonds. The van der Waals surface area contributed by atoms with Gasteiger partial charge >= 0.3 is 12.2 Å². The summed E-state index contributed by atoms with van der Waals surface area (Å²) >= 11 is 0. The number of rotatable bonds is 5. The minimum atomic E-state index is -4.18. The van der Waals surface area contributed by atoms with Crippen molar-refractivity contribution >= 4 is 6.03 Å². The average molecular weight is 384 g/mol. The summed E-state index contributed by atoms with van der Waals surface area (Å²) < 4.78 is 44.9. The van der Waals surface area contributed by atoms with E-state index in [1.807, 2.05) is 12.1 Å². The van der Waals surface area contributed by atoms with Crippen LogP contribution in [0.5, 0.6) is 0 Å². The Hall–Kier alpha value is -1.66. The predicted molar refractivity (Wildman–Crippen MR) is 94.1 cm³/mol. The normalized spacial score (nSPS) is 30.8. The molecular weight excluding hydrogens is 357 g/mol. The largest absolute Gasteiger partial charge is 0.464 e. The maximum absolute atomic E-state index is 13.0. The van der Waals surface area contributed by atoms with Gasteiger partial charge in [-0.25, -0.2) is 4.79 Å². The Kier molecular flexibility index (Phi) is 4.89. The number of hydrogen-bond donors (Lipinski definition) is 1. The van der Waals surface area contributed by atoms with E-state index in [1.54, 1.807) is 4.90 Å². The summed E-state index contributed by atoms with van der Waals surface area (Å²) in [5.41, 5.74) is 0. The number of carbonyl (C=O) groups is 1. The highest BCUT2D eigenvalue weighted by atomic mass is 19.4. The van der Waals surface area contributed by atoms with Crippen molar-refractivity contribution in [2.75, 3.05) is 0 Å². The molecule has 4 rings (SSSR count). The van der Waals surface area contributed by atoms with E-state index in [-0.39, 0.29) is 24.9 Å². The van der Waals surface area contributed by atoms with E-state index < -0.39 is 18.1 Å². The van der Waals surface area contributed by atoms with Gasteiger partial charge in [0.15, 0.2) is 0 Å². The molecule has 1 aromatic heterocycles. The molecule has 7 heteroatoms. The summed E-state index contributed by atoms with van der Waals surface area (Å²) in [6.45, 7) is 2.57. The van der Waals surface area contributed by atoms with Crippen molar-refractivity contribution in [3.63, 3.8) is 0 Å². The number of carbonyl (C=O) groups excluding carboxylic acids is 1. The molecule has 150 valence electrons. The summed E-state index contributed by atoms with van der Waals surface area (Å²) in [7, 11) is 0. The summed E-state index contributed by atoms with van der Waals surface area (Å²) in [6.07, 6.45) is 0.106. The topological polar surface area (TPSA) is 45.5 Å². The summed E-state index contributed by atoms with van der Waals surface area (Å²) in [5, 5.41) is 2.86. The van der Waals surface area contributed by atoms with E-state index in [1.165, 1.54) is 0 Å². The summed E-state index contributed by atoms with van der Waals surface area (Å²) in [4.78, 5) is 14.5. The van der Waals surface area contributed by atoms with Crippen molar-refractivity contribution < 1.29 is 22.4 Å². The van der Waals surface area contributed by atoms with Crippen molar-refractivity contribution in [1.82, 2.24) is 10.2 Å². The lowest BCUT2D eigenvalue weighted by Gasteiger charge is -2.32. The number of urea groups is 1. The summed E-state index contributed by atoms with van der Waals surface area (Å²) in [6, 6.07) is 3.41. The van der Waals surface area contributed by atoms with Gasteiger partial charge in [0.25, 0.3) is 0 Å². The van der Waals surface area contributed by atoms with Crippen LogP contribution < -0.4 is 5.32 Å². The fraction of sp³-hybridized carbons (Fsp3) is 0.750. The molecule has 1 aromatic rings. The monoisotopic (exact) mass is 384 g/mol. The first-order valence-corrected chi connectivity index (χ1v) is 10.0. The minimum Gasteiger partial charge on any atom is -0.464 e. The van der Waals surface area contributed by atoms with Crippen molar-refractivity contribution in [1.29, 1.82) is 0 Å². The summed E-state index contributed by atoms with van der Waals surface area (Å²) in [5.74, 6) is 1.57. The zero-order valence-corrected chi connectivity index (χ0v) is 15.6. The SMILES string of the molecule is CC1CC1c1ccc(CN(C(=O)NC2CCCC(C(F)(F)F)C2)C2CC2)o1. The maximum atomic E-state index is 13.0. The first-order valence-electron chi connectivity index (χ1n) is 10.0. The van der Waals surface area contributed by atoms with Gasteiger partial charge < -0.3 is 14.6 Å². The van der Waals surface area contributed by atoms with Gasteiger partial charge in [-0.15, -0.1) is 0 Å². The Morgan fingerprint density at radius 2 is 1.96 bits per heavy atom. The third-order valence-electron chi connectivity index (χ3n) is 6.20. The fourth-order valence-electron chi connectivity index (χ4n) is 4.19. The van der Waals surface area contributed by atoms with Crippen molar-refractivity contribution in [2.24, 2.45) is 11.8 Å². The standard InChI is InChI=1S/C20H27F3N2O2/c1-12-9-17(12)18-8-7-16(27-18)11-25(15-5-6-15)19(26)24-14-4-2-3-13(10-14)20(21,22)23/h7-8,12-15,17H,2-6,9-11H2,1H3,(H,24,26). The molecule has 1 N–H and O–H groups in total. The molecule has 1 heterocycles. The number of nitrogens with one attached hydrogen (secondary N) is 1. The van der Waals surface area contributed by atoms with Gasteiger partial charge in [-0.05, 0) is 56.6 Å². The van der Waals surface area contributed by atoms with Gasteiger partial charge in [-0.3, -0.25) is 0 Å². The first kappa shape index (κ1) is 18.7.